The molecular weight excluding hydrogens is 759 g/mol. The van der Waals surface area contributed by atoms with Gasteiger partial charge in [0, 0.05) is 33.2 Å². The first-order valence-corrected chi connectivity index (χ1v) is 19.2. The third-order valence-electron chi connectivity index (χ3n) is 10.6. The molecule has 2 aromatic heterocycles. The van der Waals surface area contributed by atoms with Crippen molar-refractivity contribution in [3.8, 4) is 51.0 Å². The van der Waals surface area contributed by atoms with E-state index in [2.05, 4.69) is 65.8 Å². The van der Waals surface area contributed by atoms with Crippen molar-refractivity contribution >= 4 is 21.8 Å². The van der Waals surface area contributed by atoms with E-state index in [0.717, 1.165) is 45.1 Å². The molecule has 298 valence electrons. The highest BCUT2D eigenvalue weighted by atomic mass is 19.4. The molecule has 8 aromatic rings. The number of hydrogen-bond acceptors (Lipinski definition) is 3. The molecule has 0 spiro atoms. The molecule has 4 nitrogen and oxygen atoms in total. The second kappa shape index (κ2) is 14.2. The molecule has 2 heterocycles. The number of benzene rings is 6. The largest absolute Gasteiger partial charge is 0.416 e. The van der Waals surface area contributed by atoms with Crippen LogP contribution in [0.2, 0.25) is 0 Å². The topological polar surface area (TPSA) is 43.6 Å². The van der Waals surface area contributed by atoms with Crippen molar-refractivity contribution in [2.75, 3.05) is 0 Å². The molecule has 8 rings (SSSR count). The molecule has 0 N–H and O–H groups in total. The van der Waals surface area contributed by atoms with Crippen LogP contribution in [0.3, 0.4) is 0 Å². The van der Waals surface area contributed by atoms with Crippen LogP contribution in [0.4, 0.5) is 26.3 Å². The Kier molecular flexibility index (Phi) is 9.53. The molecule has 0 aliphatic heterocycles. The van der Waals surface area contributed by atoms with Crippen LogP contribution in [-0.2, 0) is 23.2 Å². The van der Waals surface area contributed by atoms with Gasteiger partial charge in [0.2, 0.25) is 0 Å². The van der Waals surface area contributed by atoms with Crippen LogP contribution in [0.25, 0.3) is 72.8 Å². The van der Waals surface area contributed by atoms with E-state index in [4.69, 9.17) is 15.0 Å². The van der Waals surface area contributed by atoms with Crippen molar-refractivity contribution in [2.24, 2.45) is 0 Å². The number of nitrogens with zero attached hydrogens (tertiary/aromatic N) is 4. The summed E-state index contributed by atoms with van der Waals surface area (Å²) in [4.78, 5) is 14.4. The minimum Gasteiger partial charge on any atom is -0.309 e. The molecule has 0 unspecified atom stereocenters. The number of aromatic nitrogens is 4. The van der Waals surface area contributed by atoms with Crippen LogP contribution >= 0.6 is 0 Å². The molecule has 0 saturated heterocycles. The summed E-state index contributed by atoms with van der Waals surface area (Å²) >= 11 is 0. The molecule has 0 atom stereocenters. The van der Waals surface area contributed by atoms with E-state index in [1.54, 1.807) is 18.2 Å². The highest BCUT2D eigenvalue weighted by Gasteiger charge is 2.37. The summed E-state index contributed by atoms with van der Waals surface area (Å²) in [6, 6.07) is 37.5. The number of hydrogen-bond donors (Lipinski definition) is 0. The maximum atomic E-state index is 14.4. The van der Waals surface area contributed by atoms with Crippen molar-refractivity contribution in [1.29, 1.82) is 0 Å². The lowest BCUT2D eigenvalue weighted by molar-refractivity contribution is -0.143. The summed E-state index contributed by atoms with van der Waals surface area (Å²) in [5.74, 6) is 0.657. The van der Waals surface area contributed by atoms with Gasteiger partial charge in [-0.3, -0.25) is 0 Å². The predicted octanol–water partition coefficient (Wildman–Crippen LogP) is 14.3. The van der Waals surface area contributed by atoms with E-state index in [-0.39, 0.29) is 51.1 Å². The molecule has 0 bridgehead atoms. The maximum Gasteiger partial charge on any atom is 0.416 e. The highest BCUT2D eigenvalue weighted by Crippen LogP contribution is 2.43. The summed E-state index contributed by atoms with van der Waals surface area (Å²) in [5, 5.41) is 1.94. The van der Waals surface area contributed by atoms with Gasteiger partial charge in [-0.25, -0.2) is 15.0 Å². The molecule has 0 radical (unpaired) electrons. The standard InChI is InChI=1S/C49H40F6N4/c1-46(2,3)32-17-21-41-39(26-32)40-27-33(47(4,5)6)18-22-42(40)59(41)36-19-20-37(38(28-36)31-23-34(48(50,51)52)25-35(24-31)49(53,54)55)45-57-43(29-13-9-7-10-14-29)56-44(58-45)30-15-11-8-12-16-30/h7-28H,1-6H3. The average Bonchev–Trinajstić information content (AvgIpc) is 3.53. The first-order chi connectivity index (χ1) is 27.8. The van der Waals surface area contributed by atoms with Gasteiger partial charge < -0.3 is 4.57 Å². The second-order valence-electron chi connectivity index (χ2n) is 16.9. The minimum atomic E-state index is -5.07. The second-order valence-corrected chi connectivity index (χ2v) is 16.9. The van der Waals surface area contributed by atoms with Gasteiger partial charge in [-0.1, -0.05) is 114 Å². The molecule has 0 amide bonds. The van der Waals surface area contributed by atoms with Gasteiger partial charge in [-0.2, -0.15) is 26.3 Å². The summed E-state index contributed by atoms with van der Waals surface area (Å²) in [5.41, 5.74) is 2.55. The lowest BCUT2D eigenvalue weighted by Gasteiger charge is -2.19. The fourth-order valence-corrected chi connectivity index (χ4v) is 7.38. The number of alkyl halides is 6. The Balaban J connectivity index is 1.46. The Morgan fingerprint density at radius 2 is 0.831 bits per heavy atom. The first-order valence-electron chi connectivity index (χ1n) is 19.2. The zero-order chi connectivity index (χ0) is 42.1. The predicted molar refractivity (Wildman–Crippen MR) is 223 cm³/mol. The molecule has 10 heteroatoms. The van der Waals surface area contributed by atoms with Crippen LogP contribution in [0.1, 0.15) is 63.8 Å². The molecule has 59 heavy (non-hydrogen) atoms. The lowest BCUT2D eigenvalue weighted by Crippen LogP contribution is -2.11. The van der Waals surface area contributed by atoms with Gasteiger partial charge in [-0.05, 0) is 93.7 Å². The number of fused-ring (bicyclic) bond motifs is 3. The van der Waals surface area contributed by atoms with E-state index < -0.39 is 23.5 Å². The van der Waals surface area contributed by atoms with Gasteiger partial charge in [0.25, 0.3) is 0 Å². The Hall–Kier alpha value is -6.29. The Morgan fingerprint density at radius 3 is 1.25 bits per heavy atom. The third kappa shape index (κ3) is 7.71. The quantitative estimate of drug-likeness (QED) is 0.163. The van der Waals surface area contributed by atoms with Crippen molar-refractivity contribution in [3.63, 3.8) is 0 Å². The highest BCUT2D eigenvalue weighted by molar-refractivity contribution is 6.10. The van der Waals surface area contributed by atoms with Crippen LogP contribution < -0.4 is 0 Å². The summed E-state index contributed by atoms with van der Waals surface area (Å²) in [7, 11) is 0. The van der Waals surface area contributed by atoms with E-state index >= 15 is 0 Å². The molecule has 6 aromatic carbocycles. The van der Waals surface area contributed by atoms with Gasteiger partial charge in [0.15, 0.2) is 17.5 Å². The first kappa shape index (κ1) is 39.5. The average molecular weight is 799 g/mol. The van der Waals surface area contributed by atoms with Crippen molar-refractivity contribution < 1.29 is 26.3 Å². The monoisotopic (exact) mass is 798 g/mol. The van der Waals surface area contributed by atoms with E-state index in [9.17, 15) is 26.3 Å². The fourth-order valence-electron chi connectivity index (χ4n) is 7.38. The fraction of sp³-hybridized carbons (Fsp3) is 0.204. The molecular formula is C49H40F6N4. The van der Waals surface area contributed by atoms with Crippen molar-refractivity contribution in [3.05, 3.63) is 156 Å². The maximum absolute atomic E-state index is 14.4. The Bertz CT molecular complexity index is 2700. The van der Waals surface area contributed by atoms with Crippen molar-refractivity contribution in [2.45, 2.75) is 64.7 Å². The Morgan fingerprint density at radius 1 is 0.390 bits per heavy atom. The van der Waals surface area contributed by atoms with Gasteiger partial charge in [0.05, 0.1) is 22.2 Å². The SMILES string of the molecule is CC(C)(C)c1ccc2c(c1)c1cc(C(C)(C)C)ccc1n2-c1ccc(-c2nc(-c3ccccc3)nc(-c3ccccc3)n2)c(-c2cc(C(F)(F)F)cc(C(F)(F)F)c2)c1. The van der Waals surface area contributed by atoms with Gasteiger partial charge in [0.1, 0.15) is 0 Å². The van der Waals surface area contributed by atoms with Crippen LogP contribution in [0.15, 0.2) is 133 Å². The van der Waals surface area contributed by atoms with Crippen LogP contribution in [0, 0.1) is 0 Å². The Labute approximate surface area is 338 Å². The zero-order valence-electron chi connectivity index (χ0n) is 33.3. The summed E-state index contributed by atoms with van der Waals surface area (Å²) in [6.45, 7) is 12.8. The van der Waals surface area contributed by atoms with E-state index in [0.29, 0.717) is 16.8 Å². The summed E-state index contributed by atoms with van der Waals surface area (Å²) < 4.78 is 88.6. The zero-order valence-corrected chi connectivity index (χ0v) is 33.3. The summed E-state index contributed by atoms with van der Waals surface area (Å²) in [6.07, 6.45) is -10.1. The third-order valence-corrected chi connectivity index (χ3v) is 10.6. The lowest BCUT2D eigenvalue weighted by atomic mass is 9.85. The van der Waals surface area contributed by atoms with Crippen LogP contribution in [0.5, 0.6) is 0 Å². The molecule has 0 aliphatic rings. The smallest absolute Gasteiger partial charge is 0.309 e. The van der Waals surface area contributed by atoms with Gasteiger partial charge >= 0.3 is 12.4 Å². The van der Waals surface area contributed by atoms with E-state index in [1.165, 1.54) is 0 Å². The molecule has 0 fully saturated rings. The van der Waals surface area contributed by atoms with Gasteiger partial charge in [-0.15, -0.1) is 0 Å². The van der Waals surface area contributed by atoms with Crippen LogP contribution in [-0.4, -0.2) is 19.5 Å². The van der Waals surface area contributed by atoms with Crippen molar-refractivity contribution in [1.82, 2.24) is 19.5 Å². The van der Waals surface area contributed by atoms with E-state index in [1.807, 2.05) is 77.4 Å². The normalized spacial score (nSPS) is 12.7. The number of halogens is 6. The number of rotatable bonds is 5. The minimum absolute atomic E-state index is 0.0796. The molecule has 0 saturated carbocycles. The molecule has 0 aliphatic carbocycles.